The summed E-state index contributed by atoms with van der Waals surface area (Å²) in [6, 6.07) is 17.9. The first-order chi connectivity index (χ1) is 12.0. The molecule has 25 heavy (non-hydrogen) atoms. The van der Waals surface area contributed by atoms with E-state index in [1.54, 1.807) is 0 Å². The maximum absolute atomic E-state index is 13.1. The van der Waals surface area contributed by atoms with Gasteiger partial charge in [-0.3, -0.25) is 4.79 Å². The zero-order chi connectivity index (χ0) is 18.1. The van der Waals surface area contributed by atoms with E-state index in [9.17, 15) is 9.18 Å². The summed E-state index contributed by atoms with van der Waals surface area (Å²) >= 11 is 0. The smallest absolute Gasteiger partial charge is 0.305 e. The SMILES string of the molecule is CC[Si](C)(COC(=O)CCCCc1ccccc1)c1ccc(F)cc1. The first kappa shape index (κ1) is 19.4. The number of benzene rings is 2. The van der Waals surface area contributed by atoms with Crippen molar-refractivity contribution in [2.75, 3.05) is 6.23 Å². The van der Waals surface area contributed by atoms with Gasteiger partial charge in [-0.2, -0.15) is 0 Å². The maximum atomic E-state index is 13.1. The summed E-state index contributed by atoms with van der Waals surface area (Å²) in [6.45, 7) is 4.30. The lowest BCUT2D eigenvalue weighted by molar-refractivity contribution is -0.141. The van der Waals surface area contributed by atoms with E-state index in [0.29, 0.717) is 12.7 Å². The van der Waals surface area contributed by atoms with Crippen molar-refractivity contribution < 1.29 is 13.9 Å². The molecule has 0 aliphatic heterocycles. The standard InChI is InChI=1S/C21H27FO2Si/c1-3-25(2,20-15-13-19(22)14-16-20)17-24-21(23)12-8-7-11-18-9-5-4-6-10-18/h4-6,9-10,13-16H,3,7-8,11-12,17H2,1-2H3. The van der Waals surface area contributed by atoms with Crippen LogP contribution in [0, 0.1) is 5.82 Å². The molecule has 0 bridgehead atoms. The average molecular weight is 359 g/mol. The molecule has 0 aromatic heterocycles. The molecule has 0 aliphatic rings. The van der Waals surface area contributed by atoms with Gasteiger partial charge < -0.3 is 4.74 Å². The summed E-state index contributed by atoms with van der Waals surface area (Å²) in [5.74, 6) is -0.353. The topological polar surface area (TPSA) is 26.3 Å². The van der Waals surface area contributed by atoms with Crippen LogP contribution in [0.2, 0.25) is 12.6 Å². The number of unbranched alkanes of at least 4 members (excludes halogenated alkanes) is 1. The second kappa shape index (κ2) is 9.52. The van der Waals surface area contributed by atoms with Crippen LogP contribution in [0.1, 0.15) is 31.7 Å². The lowest BCUT2D eigenvalue weighted by Crippen LogP contribution is -2.49. The summed E-state index contributed by atoms with van der Waals surface area (Å²) in [5, 5.41) is 1.13. The largest absolute Gasteiger partial charge is 0.469 e. The molecule has 0 saturated heterocycles. The zero-order valence-electron chi connectivity index (χ0n) is 15.1. The fourth-order valence-electron chi connectivity index (χ4n) is 2.80. The molecule has 0 amide bonds. The molecule has 0 saturated carbocycles. The van der Waals surface area contributed by atoms with Crippen molar-refractivity contribution in [3.63, 3.8) is 0 Å². The van der Waals surface area contributed by atoms with Crippen LogP contribution in [-0.2, 0) is 16.0 Å². The molecule has 1 atom stereocenters. The fraction of sp³-hybridized carbons (Fsp3) is 0.381. The highest BCUT2D eigenvalue weighted by molar-refractivity contribution is 6.90. The van der Waals surface area contributed by atoms with Crippen molar-refractivity contribution in [3.8, 4) is 0 Å². The van der Waals surface area contributed by atoms with Crippen molar-refractivity contribution in [2.45, 2.75) is 45.2 Å². The van der Waals surface area contributed by atoms with E-state index >= 15 is 0 Å². The van der Waals surface area contributed by atoms with Crippen LogP contribution in [0.5, 0.6) is 0 Å². The van der Waals surface area contributed by atoms with E-state index in [1.165, 1.54) is 17.7 Å². The number of aryl methyl sites for hydroxylation is 1. The number of ether oxygens (including phenoxy) is 1. The first-order valence-electron chi connectivity index (χ1n) is 8.99. The van der Waals surface area contributed by atoms with Crippen LogP contribution in [0.15, 0.2) is 54.6 Å². The number of rotatable bonds is 9. The van der Waals surface area contributed by atoms with Crippen molar-refractivity contribution in [2.24, 2.45) is 0 Å². The Bertz CT molecular complexity index is 657. The lowest BCUT2D eigenvalue weighted by Gasteiger charge is -2.26. The normalized spacial score (nSPS) is 13.2. The Morgan fingerprint density at radius 3 is 2.36 bits per heavy atom. The Morgan fingerprint density at radius 1 is 1.04 bits per heavy atom. The summed E-state index contributed by atoms with van der Waals surface area (Å²) in [4.78, 5) is 12.0. The van der Waals surface area contributed by atoms with Crippen LogP contribution in [-0.4, -0.2) is 20.3 Å². The molecule has 0 radical (unpaired) electrons. The van der Waals surface area contributed by atoms with Crippen molar-refractivity contribution >= 4 is 19.2 Å². The Kier molecular flexibility index (Phi) is 7.38. The molecule has 0 spiro atoms. The number of carbonyl (C=O) groups is 1. The molecule has 4 heteroatoms. The minimum absolute atomic E-state index is 0.123. The Morgan fingerprint density at radius 2 is 1.72 bits per heavy atom. The minimum atomic E-state index is -1.90. The van der Waals surface area contributed by atoms with E-state index in [0.717, 1.165) is 30.5 Å². The van der Waals surface area contributed by atoms with Crippen molar-refractivity contribution in [1.29, 1.82) is 0 Å². The predicted octanol–water partition coefficient (Wildman–Crippen LogP) is 4.63. The van der Waals surface area contributed by atoms with Gasteiger partial charge >= 0.3 is 5.97 Å². The molecule has 0 heterocycles. The maximum Gasteiger partial charge on any atom is 0.305 e. The summed E-state index contributed by atoms with van der Waals surface area (Å²) in [7, 11) is -1.90. The summed E-state index contributed by atoms with van der Waals surface area (Å²) in [6.07, 6.45) is 3.75. The second-order valence-corrected chi connectivity index (χ2v) is 11.5. The molecule has 2 aromatic rings. The molecular formula is C21H27FO2Si. The molecule has 0 fully saturated rings. The van der Waals surface area contributed by atoms with Crippen molar-refractivity contribution in [1.82, 2.24) is 0 Å². The van der Waals surface area contributed by atoms with Gasteiger partial charge in [0.05, 0.1) is 6.23 Å². The van der Waals surface area contributed by atoms with Gasteiger partial charge in [0.2, 0.25) is 0 Å². The van der Waals surface area contributed by atoms with Gasteiger partial charge in [-0.05, 0) is 37.0 Å². The van der Waals surface area contributed by atoms with Crippen LogP contribution in [0.25, 0.3) is 0 Å². The van der Waals surface area contributed by atoms with Crippen molar-refractivity contribution in [3.05, 3.63) is 66.0 Å². The van der Waals surface area contributed by atoms with E-state index in [2.05, 4.69) is 25.6 Å². The highest BCUT2D eigenvalue weighted by Crippen LogP contribution is 2.13. The predicted molar refractivity (Wildman–Crippen MR) is 103 cm³/mol. The number of hydrogen-bond donors (Lipinski definition) is 0. The number of hydrogen-bond acceptors (Lipinski definition) is 2. The third-order valence-corrected chi connectivity index (χ3v) is 8.88. The Labute approximate surface area is 151 Å². The van der Waals surface area contributed by atoms with Gasteiger partial charge in [0, 0.05) is 6.42 Å². The Balaban J connectivity index is 1.75. The van der Waals surface area contributed by atoms with Crippen LogP contribution in [0.3, 0.4) is 0 Å². The molecule has 0 aliphatic carbocycles. The second-order valence-electron chi connectivity index (χ2n) is 6.77. The van der Waals surface area contributed by atoms with E-state index < -0.39 is 8.07 Å². The van der Waals surface area contributed by atoms with Gasteiger partial charge in [0.25, 0.3) is 0 Å². The molecule has 2 nitrogen and oxygen atoms in total. The highest BCUT2D eigenvalue weighted by atomic mass is 28.3. The molecule has 134 valence electrons. The van der Waals surface area contributed by atoms with Crippen LogP contribution in [0.4, 0.5) is 4.39 Å². The Hall–Kier alpha value is -1.94. The fourth-order valence-corrected chi connectivity index (χ4v) is 5.03. The number of halogens is 1. The third kappa shape index (κ3) is 6.13. The van der Waals surface area contributed by atoms with Gasteiger partial charge in [-0.15, -0.1) is 0 Å². The van der Waals surface area contributed by atoms with E-state index in [4.69, 9.17) is 4.74 Å². The third-order valence-electron chi connectivity index (χ3n) is 4.81. The van der Waals surface area contributed by atoms with E-state index in [-0.39, 0.29) is 11.8 Å². The zero-order valence-corrected chi connectivity index (χ0v) is 16.1. The van der Waals surface area contributed by atoms with Crippen LogP contribution < -0.4 is 5.19 Å². The molecule has 0 N–H and O–H groups in total. The summed E-state index contributed by atoms with van der Waals surface area (Å²) in [5.41, 5.74) is 1.30. The van der Waals surface area contributed by atoms with Gasteiger partial charge in [0.1, 0.15) is 13.9 Å². The van der Waals surface area contributed by atoms with Gasteiger partial charge in [-0.25, -0.2) is 4.39 Å². The minimum Gasteiger partial charge on any atom is -0.469 e. The quantitative estimate of drug-likeness (QED) is 0.371. The molecule has 2 aromatic carbocycles. The number of esters is 1. The van der Waals surface area contributed by atoms with Gasteiger partial charge in [0.15, 0.2) is 0 Å². The molecular weight excluding hydrogens is 331 g/mol. The van der Waals surface area contributed by atoms with Crippen LogP contribution >= 0.6 is 0 Å². The highest BCUT2D eigenvalue weighted by Gasteiger charge is 2.29. The van der Waals surface area contributed by atoms with E-state index in [1.807, 2.05) is 30.3 Å². The lowest BCUT2D eigenvalue weighted by atomic mass is 10.1. The average Bonchev–Trinajstić information content (AvgIpc) is 2.64. The molecule has 1 unspecified atom stereocenters. The van der Waals surface area contributed by atoms with Gasteiger partial charge in [-0.1, -0.05) is 67.2 Å². The molecule has 2 rings (SSSR count). The summed E-state index contributed by atoms with van der Waals surface area (Å²) < 4.78 is 18.7. The first-order valence-corrected chi connectivity index (χ1v) is 11.9. The monoisotopic (exact) mass is 358 g/mol. The number of carbonyl (C=O) groups excluding carboxylic acids is 1.